The van der Waals surface area contributed by atoms with Gasteiger partial charge in [0, 0.05) is 30.4 Å². The van der Waals surface area contributed by atoms with Crippen LogP contribution in [-0.4, -0.2) is 29.3 Å². The van der Waals surface area contributed by atoms with Crippen LogP contribution in [0.25, 0.3) is 0 Å². The lowest BCUT2D eigenvalue weighted by Gasteiger charge is -2.21. The van der Waals surface area contributed by atoms with Gasteiger partial charge in [-0.05, 0) is 31.2 Å². The lowest BCUT2D eigenvalue weighted by molar-refractivity contribution is 0.455. The quantitative estimate of drug-likeness (QED) is 0.849. The Labute approximate surface area is 123 Å². The lowest BCUT2D eigenvalue weighted by atomic mass is 10.2. The van der Waals surface area contributed by atoms with Gasteiger partial charge in [-0.25, -0.2) is 0 Å². The zero-order valence-electron chi connectivity index (χ0n) is 11.9. The number of nitrogens with zero attached hydrogens (tertiary/aromatic N) is 3. The molecule has 2 aromatic rings. The summed E-state index contributed by atoms with van der Waals surface area (Å²) in [5.74, 6) is 0.669. The molecule has 0 amide bonds. The Morgan fingerprint density at radius 1 is 1.50 bits per heavy atom. The summed E-state index contributed by atoms with van der Waals surface area (Å²) in [7, 11) is 2.00. The summed E-state index contributed by atoms with van der Waals surface area (Å²) in [6, 6.07) is 5.83. The van der Waals surface area contributed by atoms with E-state index < -0.39 is 0 Å². The summed E-state index contributed by atoms with van der Waals surface area (Å²) in [4.78, 5) is 3.42. The second-order valence-corrected chi connectivity index (χ2v) is 6.41. The molecular formula is C14H20N4OS. The highest BCUT2D eigenvalue weighted by Gasteiger charge is 2.22. The van der Waals surface area contributed by atoms with E-state index in [4.69, 9.17) is 4.42 Å². The summed E-state index contributed by atoms with van der Waals surface area (Å²) in [6.07, 6.45) is 3.52. The van der Waals surface area contributed by atoms with Crippen molar-refractivity contribution in [3.05, 3.63) is 28.3 Å². The van der Waals surface area contributed by atoms with Crippen molar-refractivity contribution in [2.75, 3.05) is 11.9 Å². The molecule has 6 heteroatoms. The molecule has 20 heavy (non-hydrogen) atoms. The molecule has 1 atom stereocenters. The molecule has 0 saturated heterocycles. The number of anilines is 1. The van der Waals surface area contributed by atoms with E-state index in [9.17, 15) is 0 Å². The molecule has 1 aliphatic rings. The summed E-state index contributed by atoms with van der Waals surface area (Å²) >= 11 is 1.78. The van der Waals surface area contributed by atoms with Crippen LogP contribution >= 0.6 is 11.3 Å². The number of hydrogen-bond donors (Lipinski definition) is 1. The smallest absolute Gasteiger partial charge is 0.318 e. The fourth-order valence-electron chi connectivity index (χ4n) is 2.02. The minimum Gasteiger partial charge on any atom is -0.407 e. The highest BCUT2D eigenvalue weighted by Crippen LogP contribution is 2.21. The van der Waals surface area contributed by atoms with Crippen LogP contribution < -0.4 is 10.2 Å². The maximum absolute atomic E-state index is 5.71. The van der Waals surface area contributed by atoms with E-state index in [0.717, 1.165) is 6.42 Å². The van der Waals surface area contributed by atoms with Crippen molar-refractivity contribution < 1.29 is 4.42 Å². The minimum absolute atomic E-state index is 0.332. The van der Waals surface area contributed by atoms with Crippen LogP contribution in [0.15, 0.2) is 21.9 Å². The predicted octanol–water partition coefficient (Wildman–Crippen LogP) is 2.45. The maximum atomic E-state index is 5.71. The molecule has 1 saturated carbocycles. The largest absolute Gasteiger partial charge is 0.407 e. The molecule has 0 spiro atoms. The van der Waals surface area contributed by atoms with Crippen molar-refractivity contribution in [1.29, 1.82) is 0 Å². The molecule has 1 aliphatic carbocycles. The average molecular weight is 292 g/mol. The van der Waals surface area contributed by atoms with Gasteiger partial charge in [0.2, 0.25) is 5.89 Å². The predicted molar refractivity (Wildman–Crippen MR) is 80.0 cm³/mol. The van der Waals surface area contributed by atoms with Crippen LogP contribution in [0.2, 0.25) is 0 Å². The van der Waals surface area contributed by atoms with Gasteiger partial charge < -0.3 is 14.6 Å². The van der Waals surface area contributed by atoms with Gasteiger partial charge in [-0.15, -0.1) is 16.4 Å². The zero-order chi connectivity index (χ0) is 13.9. The fraction of sp³-hybridized carbons (Fsp3) is 0.571. The third-order valence-corrected chi connectivity index (χ3v) is 4.51. The first-order valence-electron chi connectivity index (χ1n) is 7.03. The number of thiophene rings is 1. The Morgan fingerprint density at radius 3 is 3.05 bits per heavy atom. The van der Waals surface area contributed by atoms with Crippen molar-refractivity contribution in [2.45, 2.75) is 44.8 Å². The van der Waals surface area contributed by atoms with Crippen LogP contribution in [0.3, 0.4) is 0 Å². The number of aromatic nitrogens is 2. The van der Waals surface area contributed by atoms with Crippen LogP contribution in [0, 0.1) is 0 Å². The molecule has 0 radical (unpaired) electrons. The van der Waals surface area contributed by atoms with Crippen molar-refractivity contribution in [2.24, 2.45) is 0 Å². The minimum atomic E-state index is 0.332. The summed E-state index contributed by atoms with van der Waals surface area (Å²) in [6.45, 7) is 2.84. The van der Waals surface area contributed by atoms with E-state index in [1.807, 2.05) is 11.9 Å². The highest BCUT2D eigenvalue weighted by atomic mass is 32.1. The zero-order valence-corrected chi connectivity index (χ0v) is 12.7. The molecular weight excluding hydrogens is 272 g/mol. The summed E-state index contributed by atoms with van der Waals surface area (Å²) in [5, 5.41) is 13.7. The first-order chi connectivity index (χ1) is 9.72. The molecule has 3 rings (SSSR count). The van der Waals surface area contributed by atoms with E-state index in [1.54, 1.807) is 11.3 Å². The van der Waals surface area contributed by atoms with Gasteiger partial charge in [-0.2, -0.15) is 0 Å². The molecule has 2 aromatic heterocycles. The molecule has 108 valence electrons. The van der Waals surface area contributed by atoms with Gasteiger partial charge in [0.25, 0.3) is 0 Å². The molecule has 0 bridgehead atoms. The third kappa shape index (κ3) is 3.37. The average Bonchev–Trinajstić information content (AvgIpc) is 2.93. The van der Waals surface area contributed by atoms with Crippen LogP contribution in [0.1, 0.15) is 30.5 Å². The van der Waals surface area contributed by atoms with Crippen molar-refractivity contribution in [3.63, 3.8) is 0 Å². The Balaban J connectivity index is 1.56. The normalized spacial score (nSPS) is 16.3. The van der Waals surface area contributed by atoms with Gasteiger partial charge in [-0.1, -0.05) is 11.2 Å². The van der Waals surface area contributed by atoms with Crippen LogP contribution in [-0.2, 0) is 13.0 Å². The lowest BCUT2D eigenvalue weighted by Crippen LogP contribution is -2.30. The van der Waals surface area contributed by atoms with Gasteiger partial charge in [0.1, 0.15) is 0 Å². The van der Waals surface area contributed by atoms with E-state index in [0.29, 0.717) is 30.5 Å². The summed E-state index contributed by atoms with van der Waals surface area (Å²) < 4.78 is 5.71. The highest BCUT2D eigenvalue weighted by molar-refractivity contribution is 7.09. The fourth-order valence-corrected chi connectivity index (χ4v) is 2.85. The molecule has 5 nitrogen and oxygen atoms in total. The Bertz CT molecular complexity index is 535. The molecule has 1 unspecified atom stereocenters. The topological polar surface area (TPSA) is 54.2 Å². The van der Waals surface area contributed by atoms with Gasteiger partial charge in [-0.3, -0.25) is 0 Å². The van der Waals surface area contributed by atoms with Crippen LogP contribution in [0.4, 0.5) is 6.01 Å². The van der Waals surface area contributed by atoms with Gasteiger partial charge in [0.05, 0.1) is 6.54 Å². The van der Waals surface area contributed by atoms with Crippen molar-refractivity contribution >= 4 is 17.4 Å². The third-order valence-electron chi connectivity index (χ3n) is 3.62. The second-order valence-electron chi connectivity index (χ2n) is 5.38. The standard InChI is InChI=1S/C14H20N4OS/c1-10(8-12-4-3-7-20-12)18(2)14-17-16-13(19-14)9-15-11-5-6-11/h3-4,7,10-11,15H,5-6,8-9H2,1-2H3. The Kier molecular flexibility index (Phi) is 4.03. The molecule has 2 heterocycles. The molecule has 1 fully saturated rings. The maximum Gasteiger partial charge on any atom is 0.318 e. The first kappa shape index (κ1) is 13.6. The van der Waals surface area contributed by atoms with E-state index >= 15 is 0 Å². The number of nitrogens with one attached hydrogen (secondary N) is 1. The van der Waals surface area contributed by atoms with Gasteiger partial charge >= 0.3 is 6.01 Å². The van der Waals surface area contributed by atoms with Crippen LogP contribution in [0.5, 0.6) is 0 Å². The van der Waals surface area contributed by atoms with Crippen molar-refractivity contribution in [3.8, 4) is 0 Å². The monoisotopic (exact) mass is 292 g/mol. The SMILES string of the molecule is CC(Cc1cccs1)N(C)c1nnc(CNC2CC2)o1. The second kappa shape index (κ2) is 5.93. The first-order valence-corrected chi connectivity index (χ1v) is 7.91. The van der Waals surface area contributed by atoms with Crippen molar-refractivity contribution in [1.82, 2.24) is 15.5 Å². The van der Waals surface area contributed by atoms with E-state index in [-0.39, 0.29) is 0 Å². The Hall–Kier alpha value is -1.40. The van der Waals surface area contributed by atoms with E-state index in [1.165, 1.54) is 17.7 Å². The van der Waals surface area contributed by atoms with E-state index in [2.05, 4.69) is 40.0 Å². The molecule has 0 aromatic carbocycles. The summed E-state index contributed by atoms with van der Waals surface area (Å²) in [5.41, 5.74) is 0. The Morgan fingerprint density at radius 2 is 2.35 bits per heavy atom. The molecule has 1 N–H and O–H groups in total. The number of likely N-dealkylation sites (N-methyl/N-ethyl adjacent to an activating group) is 1. The molecule has 0 aliphatic heterocycles. The van der Waals surface area contributed by atoms with Gasteiger partial charge in [0.15, 0.2) is 0 Å². The number of rotatable bonds is 7. The number of hydrogen-bond acceptors (Lipinski definition) is 6.